The molecular formula is C14H17NO3. The molecule has 0 saturated carbocycles. The van der Waals surface area contributed by atoms with Crippen molar-refractivity contribution in [2.24, 2.45) is 0 Å². The van der Waals surface area contributed by atoms with Crippen LogP contribution < -0.4 is 4.90 Å². The largest absolute Gasteiger partial charge is 0.478 e. The molecule has 1 N–H and O–H groups in total. The molecular weight excluding hydrogens is 230 g/mol. The van der Waals surface area contributed by atoms with Gasteiger partial charge in [0.15, 0.2) is 0 Å². The number of hydrogen-bond acceptors (Lipinski definition) is 2. The molecule has 0 saturated heterocycles. The highest BCUT2D eigenvalue weighted by Crippen LogP contribution is 2.22. The molecule has 4 heteroatoms. The van der Waals surface area contributed by atoms with E-state index in [1.807, 2.05) is 13.8 Å². The van der Waals surface area contributed by atoms with E-state index in [0.29, 0.717) is 12.2 Å². The molecule has 1 amide bonds. The molecule has 0 fully saturated rings. The van der Waals surface area contributed by atoms with E-state index < -0.39 is 5.97 Å². The van der Waals surface area contributed by atoms with E-state index in [1.165, 1.54) is 18.2 Å². The fraction of sp³-hybridized carbons (Fsp3) is 0.286. The Morgan fingerprint density at radius 3 is 2.56 bits per heavy atom. The Hall–Kier alpha value is -2.10. The number of amides is 1. The van der Waals surface area contributed by atoms with E-state index >= 15 is 0 Å². The Morgan fingerprint density at radius 1 is 1.39 bits per heavy atom. The maximum Gasteiger partial charge on any atom is 0.335 e. The van der Waals surface area contributed by atoms with Gasteiger partial charge in [-0.3, -0.25) is 4.79 Å². The van der Waals surface area contributed by atoms with Crippen LogP contribution in [-0.4, -0.2) is 23.5 Å². The Morgan fingerprint density at radius 2 is 2.06 bits per heavy atom. The van der Waals surface area contributed by atoms with E-state index in [9.17, 15) is 9.59 Å². The monoisotopic (exact) mass is 247 g/mol. The van der Waals surface area contributed by atoms with Crippen LogP contribution in [0.15, 0.2) is 30.4 Å². The zero-order valence-electron chi connectivity index (χ0n) is 10.8. The van der Waals surface area contributed by atoms with Crippen LogP contribution >= 0.6 is 0 Å². The summed E-state index contributed by atoms with van der Waals surface area (Å²) < 4.78 is 0. The van der Waals surface area contributed by atoms with Crippen molar-refractivity contribution in [1.82, 2.24) is 0 Å². The van der Waals surface area contributed by atoms with Gasteiger partial charge in [-0.1, -0.05) is 12.1 Å². The molecule has 1 rings (SSSR count). The summed E-state index contributed by atoms with van der Waals surface area (Å²) in [7, 11) is 0. The summed E-state index contributed by atoms with van der Waals surface area (Å²) in [6.45, 7) is 5.97. The normalized spacial score (nSPS) is 10.6. The first-order chi connectivity index (χ1) is 8.51. The Bertz CT molecular complexity index is 492. The van der Waals surface area contributed by atoms with Crippen molar-refractivity contribution < 1.29 is 14.7 Å². The number of carboxylic acid groups (broad SMARTS) is 1. The first-order valence-electron chi connectivity index (χ1n) is 5.79. The van der Waals surface area contributed by atoms with Gasteiger partial charge in [0.2, 0.25) is 0 Å². The van der Waals surface area contributed by atoms with Gasteiger partial charge in [0.05, 0.1) is 5.56 Å². The van der Waals surface area contributed by atoms with E-state index in [0.717, 1.165) is 5.56 Å². The standard InChI is InChI=1S/C14H17NO3/c1-4-6-13(16)15(5-2)12-9-11(14(17)18)8-7-10(12)3/h4,6-9H,5H2,1-3H3,(H,17,18)/b6-4+. The van der Waals surface area contributed by atoms with E-state index in [4.69, 9.17) is 5.11 Å². The summed E-state index contributed by atoms with van der Waals surface area (Å²) in [5.74, 6) is -1.14. The van der Waals surface area contributed by atoms with Gasteiger partial charge in [0.1, 0.15) is 0 Å². The third-order valence-electron chi connectivity index (χ3n) is 2.64. The first kappa shape index (κ1) is 14.0. The lowest BCUT2D eigenvalue weighted by atomic mass is 10.1. The highest BCUT2D eigenvalue weighted by atomic mass is 16.4. The number of likely N-dealkylation sites (N-methyl/N-ethyl adjacent to an activating group) is 1. The number of rotatable bonds is 4. The SMILES string of the molecule is C/C=C/C(=O)N(CC)c1cc(C(=O)O)ccc1C. The van der Waals surface area contributed by atoms with Crippen molar-refractivity contribution in [2.45, 2.75) is 20.8 Å². The predicted octanol–water partition coefficient (Wildman–Crippen LogP) is 2.62. The Balaban J connectivity index is 3.23. The smallest absolute Gasteiger partial charge is 0.335 e. The maximum atomic E-state index is 11.9. The fourth-order valence-corrected chi connectivity index (χ4v) is 1.71. The average molecular weight is 247 g/mol. The number of nitrogens with zero attached hydrogens (tertiary/aromatic N) is 1. The van der Waals surface area contributed by atoms with Crippen molar-refractivity contribution in [3.05, 3.63) is 41.5 Å². The predicted molar refractivity (Wildman–Crippen MR) is 71.0 cm³/mol. The molecule has 1 aromatic rings. The lowest BCUT2D eigenvalue weighted by Gasteiger charge is -2.22. The minimum atomic E-state index is -0.995. The molecule has 18 heavy (non-hydrogen) atoms. The van der Waals surface area contributed by atoms with Gasteiger partial charge in [-0.15, -0.1) is 0 Å². The van der Waals surface area contributed by atoms with Crippen LogP contribution in [0.2, 0.25) is 0 Å². The van der Waals surface area contributed by atoms with Crippen LogP contribution in [-0.2, 0) is 4.79 Å². The van der Waals surface area contributed by atoms with Gasteiger partial charge in [-0.2, -0.15) is 0 Å². The number of carboxylic acids is 1. The number of anilines is 1. The number of carbonyl (C=O) groups excluding carboxylic acids is 1. The molecule has 0 aliphatic carbocycles. The molecule has 0 bridgehead atoms. The van der Waals surface area contributed by atoms with Crippen molar-refractivity contribution in [3.8, 4) is 0 Å². The third-order valence-corrected chi connectivity index (χ3v) is 2.64. The highest BCUT2D eigenvalue weighted by Gasteiger charge is 2.15. The molecule has 96 valence electrons. The van der Waals surface area contributed by atoms with Crippen LogP contribution in [0.25, 0.3) is 0 Å². The second-order valence-electron chi connectivity index (χ2n) is 3.89. The summed E-state index contributed by atoms with van der Waals surface area (Å²) in [5, 5.41) is 8.98. The Labute approximate surface area is 107 Å². The third kappa shape index (κ3) is 2.97. The fourth-order valence-electron chi connectivity index (χ4n) is 1.71. The number of hydrogen-bond donors (Lipinski definition) is 1. The summed E-state index contributed by atoms with van der Waals surface area (Å²) in [6, 6.07) is 4.78. The number of carbonyl (C=O) groups is 2. The summed E-state index contributed by atoms with van der Waals surface area (Å²) >= 11 is 0. The van der Waals surface area contributed by atoms with E-state index in [-0.39, 0.29) is 11.5 Å². The Kier molecular flexibility index (Phi) is 4.66. The second kappa shape index (κ2) is 6.00. The highest BCUT2D eigenvalue weighted by molar-refractivity contribution is 6.02. The number of allylic oxidation sites excluding steroid dienone is 1. The van der Waals surface area contributed by atoms with Crippen LogP contribution in [0.4, 0.5) is 5.69 Å². The molecule has 1 aromatic carbocycles. The summed E-state index contributed by atoms with van der Waals surface area (Å²) in [5.41, 5.74) is 1.70. The van der Waals surface area contributed by atoms with Gasteiger partial charge in [0.25, 0.3) is 5.91 Å². The minimum Gasteiger partial charge on any atom is -0.478 e. The van der Waals surface area contributed by atoms with Gasteiger partial charge < -0.3 is 10.0 Å². The van der Waals surface area contributed by atoms with Crippen molar-refractivity contribution in [3.63, 3.8) is 0 Å². The van der Waals surface area contributed by atoms with Gasteiger partial charge in [-0.25, -0.2) is 4.79 Å². The van der Waals surface area contributed by atoms with Gasteiger partial charge in [0, 0.05) is 12.2 Å². The molecule has 0 heterocycles. The van der Waals surface area contributed by atoms with Crippen molar-refractivity contribution in [1.29, 1.82) is 0 Å². The molecule has 0 atom stereocenters. The molecule has 0 radical (unpaired) electrons. The quantitative estimate of drug-likeness (QED) is 0.832. The lowest BCUT2D eigenvalue weighted by molar-refractivity contribution is -0.114. The second-order valence-corrected chi connectivity index (χ2v) is 3.89. The van der Waals surface area contributed by atoms with Crippen LogP contribution in [0.1, 0.15) is 29.8 Å². The minimum absolute atomic E-state index is 0.148. The number of benzene rings is 1. The van der Waals surface area contributed by atoms with E-state index in [2.05, 4.69) is 0 Å². The van der Waals surface area contributed by atoms with E-state index in [1.54, 1.807) is 24.0 Å². The molecule has 0 aromatic heterocycles. The number of aryl methyl sites for hydroxylation is 1. The van der Waals surface area contributed by atoms with Crippen LogP contribution in [0.5, 0.6) is 0 Å². The van der Waals surface area contributed by atoms with Crippen LogP contribution in [0.3, 0.4) is 0 Å². The topological polar surface area (TPSA) is 57.6 Å². The van der Waals surface area contributed by atoms with Gasteiger partial charge in [-0.05, 0) is 44.5 Å². The summed E-state index contributed by atoms with van der Waals surface area (Å²) in [6.07, 6.45) is 3.14. The number of aromatic carboxylic acids is 1. The van der Waals surface area contributed by atoms with Crippen LogP contribution in [0, 0.1) is 6.92 Å². The zero-order chi connectivity index (χ0) is 13.7. The molecule has 0 unspecified atom stereocenters. The molecule has 0 aliphatic rings. The van der Waals surface area contributed by atoms with Crippen molar-refractivity contribution >= 4 is 17.6 Å². The van der Waals surface area contributed by atoms with Crippen molar-refractivity contribution in [2.75, 3.05) is 11.4 Å². The summed E-state index contributed by atoms with van der Waals surface area (Å²) in [4.78, 5) is 24.4. The average Bonchev–Trinajstić information content (AvgIpc) is 2.32. The van der Waals surface area contributed by atoms with Gasteiger partial charge >= 0.3 is 5.97 Å². The molecule has 0 spiro atoms. The first-order valence-corrected chi connectivity index (χ1v) is 5.79. The lowest BCUT2D eigenvalue weighted by Crippen LogP contribution is -2.29. The molecule has 0 aliphatic heterocycles. The maximum absolute atomic E-state index is 11.9. The zero-order valence-corrected chi connectivity index (χ0v) is 10.8. The molecule has 4 nitrogen and oxygen atoms in total.